The summed E-state index contributed by atoms with van der Waals surface area (Å²) in [6, 6.07) is 3.19. The lowest BCUT2D eigenvalue weighted by Gasteiger charge is -2.45. The molecule has 0 unspecified atom stereocenters. The van der Waals surface area contributed by atoms with E-state index < -0.39 is 10.5 Å². The van der Waals surface area contributed by atoms with Gasteiger partial charge in [0.25, 0.3) is 0 Å². The molecule has 0 spiro atoms. The van der Waals surface area contributed by atoms with Gasteiger partial charge in [-0.2, -0.15) is 0 Å². The molecule has 1 aliphatic heterocycles. The number of carbonyl (C=O) groups excluding carboxylic acids is 1. The summed E-state index contributed by atoms with van der Waals surface area (Å²) in [5.74, 6) is -0.175. The summed E-state index contributed by atoms with van der Waals surface area (Å²) in [5, 5.41) is 10.7. The van der Waals surface area contributed by atoms with Crippen LogP contribution in [0.25, 0.3) is 0 Å². The van der Waals surface area contributed by atoms with Crippen LogP contribution in [0.2, 0.25) is 0 Å². The minimum absolute atomic E-state index is 0.0459. The number of rotatable bonds is 2. The van der Waals surface area contributed by atoms with Gasteiger partial charge in [-0.3, -0.25) is 0 Å². The molecule has 132 valence electrons. The Morgan fingerprint density at radius 2 is 1.88 bits per heavy atom. The lowest BCUT2D eigenvalue weighted by Crippen LogP contribution is -2.58. The Morgan fingerprint density at radius 1 is 1.29 bits per heavy atom. The zero-order valence-corrected chi connectivity index (χ0v) is 14.7. The molecule has 8 nitrogen and oxygen atoms in total. The molecule has 0 saturated carbocycles. The number of pyridine rings is 1. The molecule has 24 heavy (non-hydrogen) atoms. The lowest BCUT2D eigenvalue weighted by molar-refractivity contribution is -0.389. The minimum Gasteiger partial charge on any atom is -0.444 e. The van der Waals surface area contributed by atoms with E-state index >= 15 is 0 Å². The van der Waals surface area contributed by atoms with Gasteiger partial charge in [0.1, 0.15) is 5.60 Å². The molecule has 1 aromatic heterocycles. The fraction of sp³-hybridized carbons (Fsp3) is 0.625. The maximum atomic E-state index is 12.3. The molecule has 0 aromatic carbocycles. The van der Waals surface area contributed by atoms with Gasteiger partial charge in [-0.05, 0) is 50.6 Å². The van der Waals surface area contributed by atoms with E-state index in [1.54, 1.807) is 11.0 Å². The zero-order valence-electron chi connectivity index (χ0n) is 14.7. The second kappa shape index (κ2) is 6.62. The van der Waals surface area contributed by atoms with Gasteiger partial charge >= 0.3 is 11.9 Å². The number of hydrogen-bond acceptors (Lipinski definition) is 6. The average Bonchev–Trinajstić information content (AvgIpc) is 2.45. The van der Waals surface area contributed by atoms with Crippen LogP contribution in [0.1, 0.15) is 34.6 Å². The van der Waals surface area contributed by atoms with E-state index in [1.807, 2.05) is 34.6 Å². The van der Waals surface area contributed by atoms with Gasteiger partial charge in [0, 0.05) is 31.2 Å². The number of amides is 1. The fourth-order valence-corrected chi connectivity index (χ4v) is 2.95. The van der Waals surface area contributed by atoms with Crippen LogP contribution in [0, 0.1) is 10.1 Å². The number of nitro groups is 1. The predicted molar refractivity (Wildman–Crippen MR) is 90.1 cm³/mol. The molecular weight excluding hydrogens is 312 g/mol. The summed E-state index contributed by atoms with van der Waals surface area (Å²) in [7, 11) is 0. The first-order chi connectivity index (χ1) is 11.1. The summed E-state index contributed by atoms with van der Waals surface area (Å²) in [4.78, 5) is 30.2. The Kier molecular flexibility index (Phi) is 4.96. The topological polar surface area (TPSA) is 88.8 Å². The predicted octanol–water partition coefficient (Wildman–Crippen LogP) is 2.82. The first kappa shape index (κ1) is 18.0. The first-order valence-corrected chi connectivity index (χ1v) is 7.95. The van der Waals surface area contributed by atoms with Gasteiger partial charge < -0.3 is 24.7 Å². The highest BCUT2D eigenvalue weighted by Gasteiger charge is 2.34. The normalized spacial score (nSPS) is 21.5. The van der Waals surface area contributed by atoms with Gasteiger partial charge in [0.2, 0.25) is 0 Å². The molecule has 8 heteroatoms. The summed E-state index contributed by atoms with van der Waals surface area (Å²) < 4.78 is 5.44. The van der Waals surface area contributed by atoms with E-state index in [9.17, 15) is 14.9 Å². The van der Waals surface area contributed by atoms with Gasteiger partial charge in [0.05, 0.1) is 5.69 Å². The average molecular weight is 336 g/mol. The van der Waals surface area contributed by atoms with Crippen LogP contribution in [0.3, 0.4) is 0 Å². The van der Waals surface area contributed by atoms with Gasteiger partial charge in [-0.25, -0.2) is 4.79 Å². The second-order valence-corrected chi connectivity index (χ2v) is 7.12. The van der Waals surface area contributed by atoms with Crippen molar-refractivity contribution in [3.05, 3.63) is 28.4 Å². The van der Waals surface area contributed by atoms with Crippen LogP contribution in [-0.4, -0.2) is 51.7 Å². The highest BCUT2D eigenvalue weighted by atomic mass is 16.6. The highest BCUT2D eigenvalue weighted by Crippen LogP contribution is 2.26. The van der Waals surface area contributed by atoms with E-state index in [0.717, 1.165) is 5.69 Å². The Hall–Kier alpha value is -2.38. The molecular formula is C16H24N4O4. The largest absolute Gasteiger partial charge is 0.444 e. The number of anilines is 1. The summed E-state index contributed by atoms with van der Waals surface area (Å²) >= 11 is 0. The van der Waals surface area contributed by atoms with E-state index in [1.165, 1.54) is 12.3 Å². The van der Waals surface area contributed by atoms with Crippen LogP contribution in [0.5, 0.6) is 0 Å². The highest BCUT2D eigenvalue weighted by molar-refractivity contribution is 5.69. The molecule has 1 aliphatic rings. The maximum absolute atomic E-state index is 12.3. The van der Waals surface area contributed by atoms with Crippen molar-refractivity contribution in [2.24, 2.45) is 0 Å². The van der Waals surface area contributed by atoms with E-state index in [4.69, 9.17) is 4.74 Å². The summed E-state index contributed by atoms with van der Waals surface area (Å²) in [6.45, 7) is 10.6. The van der Waals surface area contributed by atoms with Crippen molar-refractivity contribution in [2.45, 2.75) is 52.3 Å². The van der Waals surface area contributed by atoms with Crippen molar-refractivity contribution >= 4 is 17.6 Å². The molecule has 2 heterocycles. The molecule has 0 N–H and O–H groups in total. The number of nitrogens with zero attached hydrogens (tertiary/aromatic N) is 4. The van der Waals surface area contributed by atoms with Crippen LogP contribution >= 0.6 is 0 Å². The van der Waals surface area contributed by atoms with Crippen LogP contribution in [0.15, 0.2) is 18.3 Å². The van der Waals surface area contributed by atoms with Crippen LogP contribution in [0.4, 0.5) is 16.3 Å². The number of carbonyl (C=O) groups is 1. The summed E-state index contributed by atoms with van der Waals surface area (Å²) in [5.41, 5.74) is 0.285. The number of piperazine rings is 1. The SMILES string of the molecule is C[C@H]1CN(C(=O)OC(C)(C)C)C[C@H](C)N1c1ccc([N+](=O)[O-])nc1. The van der Waals surface area contributed by atoms with Crippen molar-refractivity contribution in [1.29, 1.82) is 0 Å². The van der Waals surface area contributed by atoms with Gasteiger partial charge in [-0.15, -0.1) is 0 Å². The monoisotopic (exact) mass is 336 g/mol. The van der Waals surface area contributed by atoms with Crippen molar-refractivity contribution < 1.29 is 14.5 Å². The maximum Gasteiger partial charge on any atom is 0.410 e. The number of hydrogen-bond donors (Lipinski definition) is 0. The summed E-state index contributed by atoms with van der Waals surface area (Å²) in [6.07, 6.45) is 1.19. The molecule has 2 rings (SSSR count). The lowest BCUT2D eigenvalue weighted by atomic mass is 10.1. The smallest absolute Gasteiger partial charge is 0.410 e. The molecule has 0 aliphatic carbocycles. The van der Waals surface area contributed by atoms with Crippen LogP contribution < -0.4 is 4.90 Å². The third-order valence-electron chi connectivity index (χ3n) is 3.79. The Labute approximate surface area is 141 Å². The van der Waals surface area contributed by atoms with Crippen molar-refractivity contribution in [3.8, 4) is 0 Å². The Balaban J connectivity index is 2.10. The Morgan fingerprint density at radius 3 is 2.29 bits per heavy atom. The molecule has 0 bridgehead atoms. The number of aromatic nitrogens is 1. The van der Waals surface area contributed by atoms with E-state index in [0.29, 0.717) is 13.1 Å². The van der Waals surface area contributed by atoms with Crippen LogP contribution in [-0.2, 0) is 4.74 Å². The van der Waals surface area contributed by atoms with Crippen molar-refractivity contribution in [3.63, 3.8) is 0 Å². The molecule has 2 atom stereocenters. The number of ether oxygens (including phenoxy) is 1. The van der Waals surface area contributed by atoms with Gasteiger partial charge in [0.15, 0.2) is 6.20 Å². The Bertz CT molecular complexity index is 599. The van der Waals surface area contributed by atoms with Crippen molar-refractivity contribution in [2.75, 3.05) is 18.0 Å². The third-order valence-corrected chi connectivity index (χ3v) is 3.79. The van der Waals surface area contributed by atoms with Gasteiger partial charge in [-0.1, -0.05) is 0 Å². The zero-order chi connectivity index (χ0) is 18.1. The first-order valence-electron chi connectivity index (χ1n) is 7.95. The second-order valence-electron chi connectivity index (χ2n) is 7.12. The molecule has 1 aromatic rings. The third kappa shape index (κ3) is 4.12. The molecule has 1 amide bonds. The molecule has 1 fully saturated rings. The standard InChI is InChI=1S/C16H24N4O4/c1-11-9-18(15(21)24-16(3,4)5)10-12(2)19(11)13-6-7-14(17-8-13)20(22)23/h6-8,11-12H,9-10H2,1-5H3/t11-,12-/m0/s1. The molecule has 0 radical (unpaired) electrons. The minimum atomic E-state index is -0.525. The quantitative estimate of drug-likeness (QED) is 0.609. The van der Waals surface area contributed by atoms with Crippen molar-refractivity contribution in [1.82, 2.24) is 9.88 Å². The van der Waals surface area contributed by atoms with E-state index in [2.05, 4.69) is 9.88 Å². The fourth-order valence-electron chi connectivity index (χ4n) is 2.95. The van der Waals surface area contributed by atoms with E-state index in [-0.39, 0.29) is 24.0 Å². The molecule has 1 saturated heterocycles.